The van der Waals surface area contributed by atoms with Crippen LogP contribution in [0.3, 0.4) is 0 Å². The van der Waals surface area contributed by atoms with Crippen LogP contribution in [0.2, 0.25) is 0 Å². The first-order chi connectivity index (χ1) is 15.9. The van der Waals surface area contributed by atoms with Crippen LogP contribution in [0.25, 0.3) is 22.3 Å². The average Bonchev–Trinajstić information content (AvgIpc) is 3.23. The monoisotopic (exact) mass is 450 g/mol. The molecule has 0 fully saturated rings. The second kappa shape index (κ2) is 9.60. The molecule has 9 nitrogen and oxygen atoms in total. The lowest BCUT2D eigenvalue weighted by molar-refractivity contribution is -0.144. The van der Waals surface area contributed by atoms with Crippen molar-refractivity contribution in [1.82, 2.24) is 24.7 Å². The molecule has 0 aliphatic carbocycles. The summed E-state index contributed by atoms with van der Waals surface area (Å²) in [5, 5.41) is 7.39. The van der Waals surface area contributed by atoms with Gasteiger partial charge in [-0.25, -0.2) is 19.3 Å². The number of esters is 1. The number of halogens is 1. The lowest BCUT2D eigenvalue weighted by atomic mass is 10.2. The van der Waals surface area contributed by atoms with Crippen molar-refractivity contribution >= 4 is 28.5 Å². The molecule has 1 aromatic carbocycles. The van der Waals surface area contributed by atoms with E-state index in [0.717, 1.165) is 5.56 Å². The van der Waals surface area contributed by atoms with Gasteiger partial charge < -0.3 is 14.8 Å². The van der Waals surface area contributed by atoms with Crippen molar-refractivity contribution < 1.29 is 18.7 Å². The Hall–Kier alpha value is -4.08. The Morgan fingerprint density at radius 2 is 2.06 bits per heavy atom. The maximum absolute atomic E-state index is 13.8. The van der Waals surface area contributed by atoms with Gasteiger partial charge in [-0.2, -0.15) is 5.10 Å². The molecular weight excluding hydrogens is 427 g/mol. The number of fused-ring (bicyclic) bond motifs is 1. The molecule has 170 valence electrons. The van der Waals surface area contributed by atoms with Crippen molar-refractivity contribution in [2.75, 3.05) is 11.9 Å². The topological polar surface area (TPSA) is 104 Å². The Balaban J connectivity index is 1.66. The molecule has 0 radical (unpaired) electrons. The molecule has 0 saturated heterocycles. The highest BCUT2D eigenvalue weighted by atomic mass is 19.1. The van der Waals surface area contributed by atoms with Crippen LogP contribution < -0.4 is 10.1 Å². The van der Waals surface area contributed by atoms with E-state index in [1.807, 2.05) is 26.0 Å². The van der Waals surface area contributed by atoms with Gasteiger partial charge in [0, 0.05) is 17.8 Å². The average molecular weight is 450 g/mol. The van der Waals surface area contributed by atoms with Crippen LogP contribution in [0.5, 0.6) is 5.75 Å². The molecule has 3 aromatic heterocycles. The SMILES string of the molecule is CCOC(=O)Cn1cc(-c2ccc3ncnc(Nc4ccc(F)cc4OC(C)C)c3n2)cn1. The molecule has 3 heterocycles. The highest BCUT2D eigenvalue weighted by molar-refractivity contribution is 5.89. The van der Waals surface area contributed by atoms with E-state index in [2.05, 4.69) is 20.4 Å². The van der Waals surface area contributed by atoms with Gasteiger partial charge in [0.25, 0.3) is 0 Å². The van der Waals surface area contributed by atoms with Gasteiger partial charge >= 0.3 is 5.97 Å². The number of rotatable bonds is 8. The number of hydrogen-bond donors (Lipinski definition) is 1. The molecule has 4 aromatic rings. The molecule has 1 N–H and O–H groups in total. The van der Waals surface area contributed by atoms with Gasteiger partial charge in [0.15, 0.2) is 5.82 Å². The van der Waals surface area contributed by atoms with E-state index < -0.39 is 5.82 Å². The first-order valence-electron chi connectivity index (χ1n) is 10.5. The summed E-state index contributed by atoms with van der Waals surface area (Å²) < 4.78 is 26.0. The molecule has 0 amide bonds. The van der Waals surface area contributed by atoms with Crippen LogP contribution in [0.15, 0.2) is 49.1 Å². The molecule has 4 rings (SSSR count). The van der Waals surface area contributed by atoms with Gasteiger partial charge in [-0.15, -0.1) is 0 Å². The smallest absolute Gasteiger partial charge is 0.327 e. The van der Waals surface area contributed by atoms with Crippen LogP contribution in [0.1, 0.15) is 20.8 Å². The fourth-order valence-corrected chi connectivity index (χ4v) is 3.19. The van der Waals surface area contributed by atoms with E-state index in [-0.39, 0.29) is 18.6 Å². The van der Waals surface area contributed by atoms with Crippen molar-refractivity contribution in [3.8, 4) is 17.0 Å². The number of anilines is 2. The van der Waals surface area contributed by atoms with Crippen LogP contribution in [-0.4, -0.2) is 43.4 Å². The minimum absolute atomic E-state index is 0.0144. The summed E-state index contributed by atoms with van der Waals surface area (Å²) in [7, 11) is 0. The summed E-state index contributed by atoms with van der Waals surface area (Å²) in [5.74, 6) is 0.0513. The number of pyridine rings is 1. The third-order valence-corrected chi connectivity index (χ3v) is 4.57. The van der Waals surface area contributed by atoms with E-state index in [4.69, 9.17) is 14.5 Å². The molecule has 0 bridgehead atoms. The molecule has 0 aliphatic rings. The van der Waals surface area contributed by atoms with Crippen LogP contribution in [-0.2, 0) is 16.1 Å². The zero-order valence-electron chi connectivity index (χ0n) is 18.4. The predicted octanol–water partition coefficient (Wildman–Crippen LogP) is 4.12. The Morgan fingerprint density at radius 3 is 2.85 bits per heavy atom. The number of aromatic nitrogens is 5. The molecule has 10 heteroatoms. The number of carbonyl (C=O) groups excluding carboxylic acids is 1. The van der Waals surface area contributed by atoms with Crippen molar-refractivity contribution in [3.63, 3.8) is 0 Å². The number of nitrogens with zero attached hydrogens (tertiary/aromatic N) is 5. The largest absolute Gasteiger partial charge is 0.489 e. The van der Waals surface area contributed by atoms with Gasteiger partial charge in [-0.05, 0) is 45.0 Å². The maximum Gasteiger partial charge on any atom is 0.327 e. The van der Waals surface area contributed by atoms with Crippen LogP contribution in [0.4, 0.5) is 15.9 Å². The quantitative estimate of drug-likeness (QED) is 0.400. The zero-order valence-corrected chi connectivity index (χ0v) is 18.4. The number of carbonyl (C=O) groups is 1. The molecule has 0 spiro atoms. The Labute approximate surface area is 189 Å². The lowest BCUT2D eigenvalue weighted by Crippen LogP contribution is -2.13. The van der Waals surface area contributed by atoms with Crippen LogP contribution in [0, 0.1) is 5.82 Å². The van der Waals surface area contributed by atoms with Crippen molar-refractivity contribution in [2.24, 2.45) is 0 Å². The van der Waals surface area contributed by atoms with Gasteiger partial charge in [-0.3, -0.25) is 9.48 Å². The number of hydrogen-bond acceptors (Lipinski definition) is 8. The first-order valence-corrected chi connectivity index (χ1v) is 10.5. The minimum atomic E-state index is -0.399. The summed E-state index contributed by atoms with van der Waals surface area (Å²) in [6.45, 7) is 5.81. The molecule has 0 unspecified atom stereocenters. The van der Waals surface area contributed by atoms with E-state index >= 15 is 0 Å². The third kappa shape index (κ3) is 5.22. The summed E-state index contributed by atoms with van der Waals surface area (Å²) in [6.07, 6.45) is 4.64. The minimum Gasteiger partial charge on any atom is -0.489 e. The Bertz CT molecular complexity index is 1290. The van der Waals surface area contributed by atoms with E-state index in [9.17, 15) is 9.18 Å². The molecule has 33 heavy (non-hydrogen) atoms. The fourth-order valence-electron chi connectivity index (χ4n) is 3.19. The predicted molar refractivity (Wildman–Crippen MR) is 121 cm³/mol. The molecule has 0 aliphatic heterocycles. The molecular formula is C23H23FN6O3. The van der Waals surface area contributed by atoms with Crippen molar-refractivity contribution in [1.29, 1.82) is 0 Å². The fraction of sp³-hybridized carbons (Fsp3) is 0.261. The Kier molecular flexibility index (Phi) is 6.43. The second-order valence-electron chi connectivity index (χ2n) is 7.45. The summed E-state index contributed by atoms with van der Waals surface area (Å²) in [4.78, 5) is 25.0. The van der Waals surface area contributed by atoms with Gasteiger partial charge in [0.1, 0.15) is 30.0 Å². The van der Waals surface area contributed by atoms with Gasteiger partial charge in [-0.1, -0.05) is 0 Å². The maximum atomic E-state index is 13.8. The highest BCUT2D eigenvalue weighted by Gasteiger charge is 2.14. The lowest BCUT2D eigenvalue weighted by Gasteiger charge is -2.16. The van der Waals surface area contributed by atoms with Crippen molar-refractivity contribution in [3.05, 3.63) is 54.9 Å². The van der Waals surface area contributed by atoms with Gasteiger partial charge in [0.05, 0.1) is 35.8 Å². The van der Waals surface area contributed by atoms with E-state index in [1.165, 1.54) is 23.1 Å². The van der Waals surface area contributed by atoms with E-state index in [1.54, 1.807) is 25.4 Å². The summed E-state index contributed by atoms with van der Waals surface area (Å²) >= 11 is 0. The third-order valence-electron chi connectivity index (χ3n) is 4.57. The molecule has 0 atom stereocenters. The number of nitrogens with one attached hydrogen (secondary N) is 1. The standard InChI is InChI=1S/C23H23FN6O3/c1-4-32-21(31)12-30-11-15(10-27-30)17-7-8-19-22(28-17)23(26-13-25-19)29-18-6-5-16(24)9-20(18)33-14(2)3/h5-11,13-14H,4,12H2,1-3H3,(H,25,26,29). The van der Waals surface area contributed by atoms with E-state index in [0.29, 0.717) is 40.6 Å². The number of ether oxygens (including phenoxy) is 2. The molecule has 0 saturated carbocycles. The zero-order chi connectivity index (χ0) is 23.4. The first kappa shape index (κ1) is 22.1. The number of benzene rings is 1. The summed E-state index contributed by atoms with van der Waals surface area (Å²) in [6, 6.07) is 7.89. The normalized spacial score (nSPS) is 11.1. The Morgan fingerprint density at radius 1 is 1.21 bits per heavy atom. The highest BCUT2D eigenvalue weighted by Crippen LogP contribution is 2.31. The van der Waals surface area contributed by atoms with Gasteiger partial charge in [0.2, 0.25) is 0 Å². The summed E-state index contributed by atoms with van der Waals surface area (Å²) in [5.41, 5.74) is 3.06. The van der Waals surface area contributed by atoms with Crippen LogP contribution >= 0.6 is 0 Å². The second-order valence-corrected chi connectivity index (χ2v) is 7.45. The van der Waals surface area contributed by atoms with Crippen molar-refractivity contribution in [2.45, 2.75) is 33.4 Å².